The third-order valence-corrected chi connectivity index (χ3v) is 10.0. The number of furan rings is 1. The van der Waals surface area contributed by atoms with Crippen LogP contribution in [-0.2, 0) is 0 Å². The van der Waals surface area contributed by atoms with Crippen molar-refractivity contribution in [3.05, 3.63) is 168 Å². The van der Waals surface area contributed by atoms with Gasteiger partial charge in [0.1, 0.15) is 11.2 Å². The molecule has 0 saturated carbocycles. The molecule has 0 N–H and O–H groups in total. The van der Waals surface area contributed by atoms with Crippen molar-refractivity contribution in [1.82, 2.24) is 9.97 Å². The minimum atomic E-state index is 0.243. The van der Waals surface area contributed by atoms with Crippen molar-refractivity contribution in [1.29, 1.82) is 0 Å². The van der Waals surface area contributed by atoms with E-state index in [-0.39, 0.29) is 5.92 Å². The number of hydrogen-bond acceptors (Lipinski definition) is 3. The molecular formula is C46H30N2O. The number of nitrogens with zero attached hydrogens (tertiary/aromatic N) is 2. The number of hydrogen-bond donors (Lipinski definition) is 0. The van der Waals surface area contributed by atoms with Crippen LogP contribution in [0.15, 0.2) is 156 Å². The Kier molecular flexibility index (Phi) is 6.31. The van der Waals surface area contributed by atoms with Gasteiger partial charge in [-0.1, -0.05) is 140 Å². The molecule has 0 bridgehead atoms. The normalized spacial score (nSPS) is 14.2. The second-order valence-electron chi connectivity index (χ2n) is 12.9. The fraction of sp³-hybridized carbons (Fsp3) is 0.0435. The zero-order valence-corrected chi connectivity index (χ0v) is 26.7. The largest absolute Gasteiger partial charge is 0.456 e. The molecule has 1 atom stereocenters. The van der Waals surface area contributed by atoms with E-state index in [9.17, 15) is 0 Å². The summed E-state index contributed by atoms with van der Waals surface area (Å²) in [5.41, 5.74) is 7.85. The second kappa shape index (κ2) is 11.1. The molecule has 7 aromatic carbocycles. The van der Waals surface area contributed by atoms with E-state index in [1.54, 1.807) is 0 Å². The number of aromatic nitrogens is 2. The van der Waals surface area contributed by atoms with Crippen LogP contribution in [0.4, 0.5) is 0 Å². The van der Waals surface area contributed by atoms with Gasteiger partial charge in [0.25, 0.3) is 0 Å². The molecule has 0 saturated heterocycles. The van der Waals surface area contributed by atoms with Gasteiger partial charge in [0.05, 0.1) is 11.4 Å². The molecular weight excluding hydrogens is 597 g/mol. The van der Waals surface area contributed by atoms with Crippen LogP contribution in [0, 0.1) is 0 Å². The second-order valence-corrected chi connectivity index (χ2v) is 12.9. The van der Waals surface area contributed by atoms with Crippen molar-refractivity contribution < 1.29 is 4.42 Å². The molecule has 230 valence electrons. The molecule has 1 unspecified atom stereocenters. The summed E-state index contributed by atoms with van der Waals surface area (Å²) in [6, 6.07) is 53.2. The van der Waals surface area contributed by atoms with E-state index >= 15 is 0 Å². The first-order valence-corrected chi connectivity index (χ1v) is 16.9. The Balaban J connectivity index is 1.16. The van der Waals surface area contributed by atoms with Crippen LogP contribution in [0.2, 0.25) is 0 Å². The average Bonchev–Trinajstić information content (AvgIpc) is 3.57. The molecule has 0 spiro atoms. The van der Waals surface area contributed by atoms with E-state index in [1.165, 1.54) is 37.5 Å². The lowest BCUT2D eigenvalue weighted by molar-refractivity contribution is 0.668. The summed E-state index contributed by atoms with van der Waals surface area (Å²) >= 11 is 0. The lowest BCUT2D eigenvalue weighted by Gasteiger charge is -2.17. The zero-order valence-electron chi connectivity index (χ0n) is 26.7. The van der Waals surface area contributed by atoms with Gasteiger partial charge in [-0.2, -0.15) is 0 Å². The van der Waals surface area contributed by atoms with E-state index in [0.717, 1.165) is 56.4 Å². The van der Waals surface area contributed by atoms with Crippen molar-refractivity contribution in [3.63, 3.8) is 0 Å². The standard InChI is InChI=1S/C46H30N2O/c1-3-12-29(13-4-1)41-28-42(48-46(47-41)30-14-5-2-6-15-30)38-20-11-21-44-45(38)40-27-32(23-25-43(40)49-44)31-22-24-37-35-18-8-7-16-33(35)34-17-9-10-19-36(34)39(37)26-31/h1-21,23-28,31H,22H2. The molecule has 9 aromatic rings. The predicted molar refractivity (Wildman–Crippen MR) is 203 cm³/mol. The van der Waals surface area contributed by atoms with Gasteiger partial charge in [0.15, 0.2) is 5.82 Å². The van der Waals surface area contributed by atoms with Gasteiger partial charge in [-0.3, -0.25) is 0 Å². The first-order valence-electron chi connectivity index (χ1n) is 16.9. The van der Waals surface area contributed by atoms with Crippen molar-refractivity contribution in [3.8, 4) is 33.9 Å². The molecule has 1 aliphatic rings. The highest BCUT2D eigenvalue weighted by molar-refractivity contribution is 6.12. The lowest BCUT2D eigenvalue weighted by atomic mass is 9.86. The van der Waals surface area contributed by atoms with Crippen LogP contribution >= 0.6 is 0 Å². The fourth-order valence-corrected chi connectivity index (χ4v) is 7.69. The minimum absolute atomic E-state index is 0.243. The van der Waals surface area contributed by atoms with Crippen molar-refractivity contribution >= 4 is 55.6 Å². The quantitative estimate of drug-likeness (QED) is 0.183. The van der Waals surface area contributed by atoms with Gasteiger partial charge in [0, 0.05) is 33.4 Å². The van der Waals surface area contributed by atoms with E-state index < -0.39 is 0 Å². The number of fused-ring (bicyclic) bond motifs is 9. The molecule has 2 heterocycles. The van der Waals surface area contributed by atoms with Crippen LogP contribution in [0.5, 0.6) is 0 Å². The summed E-state index contributed by atoms with van der Waals surface area (Å²) in [6.07, 6.45) is 5.86. The summed E-state index contributed by atoms with van der Waals surface area (Å²) in [7, 11) is 0. The molecule has 1 aliphatic carbocycles. The van der Waals surface area contributed by atoms with Gasteiger partial charge >= 0.3 is 0 Å². The summed E-state index contributed by atoms with van der Waals surface area (Å²) < 4.78 is 6.49. The van der Waals surface area contributed by atoms with Crippen LogP contribution in [-0.4, -0.2) is 9.97 Å². The van der Waals surface area contributed by atoms with E-state index in [0.29, 0.717) is 5.82 Å². The van der Waals surface area contributed by atoms with E-state index in [1.807, 2.05) is 24.3 Å². The maximum Gasteiger partial charge on any atom is 0.160 e. The van der Waals surface area contributed by atoms with E-state index in [2.05, 4.69) is 140 Å². The third-order valence-electron chi connectivity index (χ3n) is 10.0. The first kappa shape index (κ1) is 27.8. The molecule has 49 heavy (non-hydrogen) atoms. The van der Waals surface area contributed by atoms with Gasteiger partial charge in [0.2, 0.25) is 0 Å². The molecule has 0 amide bonds. The summed E-state index contributed by atoms with van der Waals surface area (Å²) in [5, 5.41) is 10.1. The Morgan fingerprint density at radius 1 is 0.490 bits per heavy atom. The highest BCUT2D eigenvalue weighted by Crippen LogP contribution is 2.39. The van der Waals surface area contributed by atoms with Crippen LogP contribution < -0.4 is 10.4 Å². The molecule has 10 rings (SSSR count). The summed E-state index contributed by atoms with van der Waals surface area (Å²) in [4.78, 5) is 10.2. The molecule has 2 aromatic heterocycles. The Bertz CT molecular complexity index is 2800. The average molecular weight is 627 g/mol. The van der Waals surface area contributed by atoms with Crippen molar-refractivity contribution in [2.24, 2.45) is 0 Å². The molecule has 3 heteroatoms. The van der Waals surface area contributed by atoms with Crippen molar-refractivity contribution in [2.75, 3.05) is 0 Å². The van der Waals surface area contributed by atoms with Gasteiger partial charge in [-0.25, -0.2) is 9.97 Å². The Hall–Kier alpha value is -6.32. The maximum atomic E-state index is 6.49. The molecule has 3 nitrogen and oxygen atoms in total. The number of benzene rings is 7. The number of rotatable bonds is 4. The summed E-state index contributed by atoms with van der Waals surface area (Å²) in [6.45, 7) is 0. The molecule has 0 fully saturated rings. The first-order chi connectivity index (χ1) is 24.3. The molecule has 0 aliphatic heterocycles. The fourth-order valence-electron chi connectivity index (χ4n) is 7.69. The lowest BCUT2D eigenvalue weighted by Crippen LogP contribution is -2.30. The van der Waals surface area contributed by atoms with Crippen molar-refractivity contribution in [2.45, 2.75) is 12.3 Å². The van der Waals surface area contributed by atoms with Gasteiger partial charge in [-0.15, -0.1) is 0 Å². The smallest absolute Gasteiger partial charge is 0.160 e. The Labute approximate surface area is 283 Å². The Morgan fingerprint density at radius 3 is 1.90 bits per heavy atom. The minimum Gasteiger partial charge on any atom is -0.456 e. The van der Waals surface area contributed by atoms with E-state index in [4.69, 9.17) is 14.4 Å². The van der Waals surface area contributed by atoms with Crippen LogP contribution in [0.3, 0.4) is 0 Å². The highest BCUT2D eigenvalue weighted by atomic mass is 16.3. The highest BCUT2D eigenvalue weighted by Gasteiger charge is 2.19. The summed E-state index contributed by atoms with van der Waals surface area (Å²) in [5.74, 6) is 0.945. The van der Waals surface area contributed by atoms with Gasteiger partial charge < -0.3 is 4.42 Å². The zero-order chi connectivity index (χ0) is 32.3. The van der Waals surface area contributed by atoms with Crippen LogP contribution in [0.1, 0.15) is 17.9 Å². The van der Waals surface area contributed by atoms with Crippen LogP contribution in [0.25, 0.3) is 89.5 Å². The SMILES string of the molecule is C1=c2c(c3ccccc3c3ccccc23)=CC(c2ccc3oc4cccc(-c5cc(-c6ccccc6)nc(-c6ccccc6)n5)c4c3c2)C1. The third kappa shape index (κ3) is 4.58. The Morgan fingerprint density at radius 2 is 1.14 bits per heavy atom. The van der Waals surface area contributed by atoms with Gasteiger partial charge in [-0.05, 0) is 68.2 Å². The molecule has 0 radical (unpaired) electrons. The monoisotopic (exact) mass is 626 g/mol. The maximum absolute atomic E-state index is 6.49. The topological polar surface area (TPSA) is 38.9 Å². The predicted octanol–water partition coefficient (Wildman–Crippen LogP) is 10.4.